The Hall–Kier alpha value is -3.46. The number of halogens is 1. The summed E-state index contributed by atoms with van der Waals surface area (Å²) in [6.07, 6.45) is 0. The Labute approximate surface area is 170 Å². The second-order valence-corrected chi connectivity index (χ2v) is 7.21. The molecule has 9 heteroatoms. The molecule has 2 aromatic carbocycles. The minimum atomic E-state index is -0.509. The van der Waals surface area contributed by atoms with Gasteiger partial charge in [-0.3, -0.25) is 14.4 Å². The predicted molar refractivity (Wildman–Crippen MR) is 109 cm³/mol. The van der Waals surface area contributed by atoms with Crippen molar-refractivity contribution in [2.24, 2.45) is 0 Å². The molecule has 0 saturated heterocycles. The lowest BCUT2D eigenvalue weighted by Gasteiger charge is -2.10. The molecule has 1 N–H and O–H groups in total. The van der Waals surface area contributed by atoms with Gasteiger partial charge in [-0.2, -0.15) is 9.78 Å². The Balaban J connectivity index is 1.75. The van der Waals surface area contributed by atoms with Gasteiger partial charge < -0.3 is 10.2 Å². The summed E-state index contributed by atoms with van der Waals surface area (Å²) in [5.74, 6) is -0.949. The van der Waals surface area contributed by atoms with Gasteiger partial charge in [-0.15, -0.1) is 0 Å². The third-order valence-electron chi connectivity index (χ3n) is 3.79. The summed E-state index contributed by atoms with van der Waals surface area (Å²) in [6.45, 7) is 0. The van der Waals surface area contributed by atoms with Gasteiger partial charge in [-0.1, -0.05) is 0 Å². The molecule has 3 aromatic rings. The van der Waals surface area contributed by atoms with E-state index in [1.54, 1.807) is 38.4 Å². The number of nitrogens with one attached hydrogen (secondary N) is 1. The van der Waals surface area contributed by atoms with Crippen molar-refractivity contribution in [2.45, 2.75) is 4.90 Å². The van der Waals surface area contributed by atoms with Crippen LogP contribution in [0.3, 0.4) is 0 Å². The van der Waals surface area contributed by atoms with Crippen LogP contribution in [0.4, 0.5) is 14.9 Å². The van der Waals surface area contributed by atoms with E-state index in [0.29, 0.717) is 11.4 Å². The van der Waals surface area contributed by atoms with Crippen LogP contribution in [0.15, 0.2) is 70.4 Å². The molecule has 0 aliphatic rings. The first-order chi connectivity index (χ1) is 13.8. The van der Waals surface area contributed by atoms with Crippen LogP contribution < -0.4 is 10.9 Å². The molecule has 0 radical (unpaired) electrons. The monoisotopic (exact) mass is 412 g/mol. The van der Waals surface area contributed by atoms with Crippen LogP contribution in [0.25, 0.3) is 5.69 Å². The minimum Gasteiger partial charge on any atom is -0.339 e. The Morgan fingerprint density at radius 1 is 1.00 bits per heavy atom. The lowest BCUT2D eigenvalue weighted by Crippen LogP contribution is -2.24. The molecular formula is C20H17FN4O3S. The number of carbonyl (C=O) groups is 2. The van der Waals surface area contributed by atoms with E-state index in [1.165, 1.54) is 41.3 Å². The molecule has 0 spiro atoms. The molecule has 0 aliphatic carbocycles. The van der Waals surface area contributed by atoms with Gasteiger partial charge in [-0.25, -0.2) is 4.39 Å². The van der Waals surface area contributed by atoms with Crippen LogP contribution >= 0.6 is 11.8 Å². The van der Waals surface area contributed by atoms with Crippen LogP contribution in [0, 0.1) is 5.82 Å². The fraction of sp³-hybridized carbons (Fsp3) is 0.100. The van der Waals surface area contributed by atoms with Crippen LogP contribution in [0.5, 0.6) is 0 Å². The van der Waals surface area contributed by atoms with Crippen LogP contribution in [0.1, 0.15) is 10.5 Å². The summed E-state index contributed by atoms with van der Waals surface area (Å²) in [6, 6.07) is 14.5. The fourth-order valence-electron chi connectivity index (χ4n) is 2.29. The summed E-state index contributed by atoms with van der Waals surface area (Å²) in [5, 5.41) is 6.64. The molecule has 0 saturated carbocycles. The Bertz CT molecular complexity index is 1100. The molecule has 148 valence electrons. The number of rotatable bonds is 4. The van der Waals surface area contributed by atoms with Crippen molar-refractivity contribution in [3.63, 3.8) is 0 Å². The number of aromatic nitrogens is 2. The van der Waals surface area contributed by atoms with Crippen molar-refractivity contribution in [3.8, 4) is 5.69 Å². The third kappa shape index (κ3) is 5.08. The second-order valence-electron chi connectivity index (χ2n) is 6.19. The first kappa shape index (κ1) is 20.3. The number of hydrogen-bond acceptors (Lipinski definition) is 5. The molecule has 0 aliphatic heterocycles. The lowest BCUT2D eigenvalue weighted by molar-refractivity contribution is 0.102. The number of carbonyl (C=O) groups excluding carboxylic acids is 2. The summed E-state index contributed by atoms with van der Waals surface area (Å²) in [7, 11) is 3.34. The van der Waals surface area contributed by atoms with Gasteiger partial charge >= 0.3 is 0 Å². The lowest BCUT2D eigenvalue weighted by atomic mass is 10.3. The van der Waals surface area contributed by atoms with E-state index >= 15 is 0 Å². The summed E-state index contributed by atoms with van der Waals surface area (Å²) >= 11 is 1.08. The van der Waals surface area contributed by atoms with Crippen molar-refractivity contribution in [1.82, 2.24) is 14.7 Å². The SMILES string of the molecule is CN(C)C(=O)Sc1ccc(NC(=O)c2ccc(=O)n(-c3ccc(F)cc3)n2)cc1. The Morgan fingerprint density at radius 3 is 2.28 bits per heavy atom. The van der Waals surface area contributed by atoms with Gasteiger partial charge in [0.05, 0.1) is 5.69 Å². The fourth-order valence-corrected chi connectivity index (χ4v) is 2.95. The zero-order valence-corrected chi connectivity index (χ0v) is 16.4. The maximum absolute atomic E-state index is 13.1. The van der Waals surface area contributed by atoms with Crippen LogP contribution in [-0.2, 0) is 0 Å². The highest BCUT2D eigenvalue weighted by atomic mass is 32.2. The number of hydrogen-bond donors (Lipinski definition) is 1. The maximum Gasteiger partial charge on any atom is 0.285 e. The maximum atomic E-state index is 13.1. The number of amides is 2. The van der Waals surface area contributed by atoms with E-state index in [-0.39, 0.29) is 10.9 Å². The molecule has 3 rings (SSSR count). The van der Waals surface area contributed by atoms with Crippen molar-refractivity contribution >= 4 is 28.6 Å². The predicted octanol–water partition coefficient (Wildman–Crippen LogP) is 3.40. The van der Waals surface area contributed by atoms with Crippen molar-refractivity contribution in [3.05, 3.63) is 82.5 Å². The van der Waals surface area contributed by atoms with Crippen molar-refractivity contribution in [1.29, 1.82) is 0 Å². The second kappa shape index (κ2) is 8.70. The number of thioether (sulfide) groups is 1. The van der Waals surface area contributed by atoms with Gasteiger partial charge in [0.15, 0.2) is 0 Å². The van der Waals surface area contributed by atoms with E-state index < -0.39 is 17.3 Å². The summed E-state index contributed by atoms with van der Waals surface area (Å²) < 4.78 is 14.1. The normalized spacial score (nSPS) is 10.4. The van der Waals surface area contributed by atoms with Gasteiger partial charge in [0, 0.05) is 30.7 Å². The number of nitrogens with zero attached hydrogens (tertiary/aromatic N) is 3. The zero-order chi connectivity index (χ0) is 21.0. The highest BCUT2D eigenvalue weighted by Crippen LogP contribution is 2.22. The summed E-state index contributed by atoms with van der Waals surface area (Å²) in [4.78, 5) is 38.5. The Morgan fingerprint density at radius 2 is 1.66 bits per heavy atom. The van der Waals surface area contributed by atoms with E-state index in [4.69, 9.17) is 0 Å². The quantitative estimate of drug-likeness (QED) is 0.664. The highest BCUT2D eigenvalue weighted by molar-refractivity contribution is 8.13. The first-order valence-corrected chi connectivity index (χ1v) is 9.32. The van der Waals surface area contributed by atoms with E-state index in [9.17, 15) is 18.8 Å². The standard InChI is InChI=1S/C20H17FN4O3S/c1-24(2)20(28)29-16-9-5-14(6-10-16)22-19(27)17-11-12-18(26)25(23-17)15-7-3-13(21)4-8-15/h3-12H,1-2H3,(H,22,27). The highest BCUT2D eigenvalue weighted by Gasteiger charge is 2.12. The average molecular weight is 412 g/mol. The van der Waals surface area contributed by atoms with Crippen LogP contribution in [-0.4, -0.2) is 39.9 Å². The topological polar surface area (TPSA) is 84.3 Å². The molecule has 1 heterocycles. The largest absolute Gasteiger partial charge is 0.339 e. The summed E-state index contributed by atoms with van der Waals surface area (Å²) in [5.41, 5.74) is 0.436. The molecule has 0 unspecified atom stereocenters. The molecule has 29 heavy (non-hydrogen) atoms. The smallest absolute Gasteiger partial charge is 0.285 e. The molecule has 0 atom stereocenters. The van der Waals surface area contributed by atoms with Crippen molar-refractivity contribution in [2.75, 3.05) is 19.4 Å². The Kier molecular flexibility index (Phi) is 6.08. The molecule has 2 amide bonds. The minimum absolute atomic E-state index is 0.0233. The number of benzene rings is 2. The average Bonchev–Trinajstić information content (AvgIpc) is 2.70. The molecule has 7 nitrogen and oxygen atoms in total. The van der Waals surface area contributed by atoms with Gasteiger partial charge in [0.1, 0.15) is 11.5 Å². The molecular weight excluding hydrogens is 395 g/mol. The van der Waals surface area contributed by atoms with E-state index in [1.807, 2.05) is 0 Å². The molecule has 0 bridgehead atoms. The van der Waals surface area contributed by atoms with Gasteiger partial charge in [0.25, 0.3) is 16.7 Å². The first-order valence-electron chi connectivity index (χ1n) is 8.50. The van der Waals surface area contributed by atoms with Gasteiger partial charge in [-0.05, 0) is 66.4 Å². The van der Waals surface area contributed by atoms with Crippen molar-refractivity contribution < 1.29 is 14.0 Å². The van der Waals surface area contributed by atoms with E-state index in [0.717, 1.165) is 21.3 Å². The van der Waals surface area contributed by atoms with Crippen LogP contribution in [0.2, 0.25) is 0 Å². The molecule has 1 aromatic heterocycles. The van der Waals surface area contributed by atoms with Gasteiger partial charge in [0.2, 0.25) is 0 Å². The third-order valence-corrected chi connectivity index (χ3v) is 4.83. The number of anilines is 1. The molecule has 0 fully saturated rings. The zero-order valence-electron chi connectivity index (χ0n) is 15.6. The van der Waals surface area contributed by atoms with E-state index in [2.05, 4.69) is 10.4 Å².